The van der Waals surface area contributed by atoms with E-state index in [-0.39, 0.29) is 22.1 Å². The maximum Gasteiger partial charge on any atom is 0.337 e. The Labute approximate surface area is 286 Å². The quantitative estimate of drug-likeness (QED) is 0.124. The second-order valence-electron chi connectivity index (χ2n) is 11.5. The second-order valence-corrected chi connectivity index (χ2v) is 13.3. The van der Waals surface area contributed by atoms with Gasteiger partial charge in [-0.3, -0.25) is 4.79 Å². The Morgan fingerprint density at radius 2 is 1.50 bits per heavy atom. The summed E-state index contributed by atoms with van der Waals surface area (Å²) in [6.07, 6.45) is 0. The number of carbonyl (C=O) groups excluding carboxylic acids is 3. The minimum Gasteiger partial charge on any atom is -0.465 e. The van der Waals surface area contributed by atoms with Crippen molar-refractivity contribution >= 4 is 84.8 Å². The number of hydrogen-bond donors (Lipinski definition) is 2. The van der Waals surface area contributed by atoms with Gasteiger partial charge in [-0.2, -0.15) is 5.10 Å². The van der Waals surface area contributed by atoms with Gasteiger partial charge in [-0.05, 0) is 54.6 Å². The Bertz CT molecular complexity index is 2200. The monoisotopic (exact) mass is 704 g/mol. The third kappa shape index (κ3) is 6.50. The first-order chi connectivity index (χ1) is 22.8. The van der Waals surface area contributed by atoms with Gasteiger partial charge < -0.3 is 19.8 Å². The minimum absolute atomic E-state index is 0.0344. The smallest absolute Gasteiger partial charge is 0.337 e. The molecule has 1 amide bonds. The van der Waals surface area contributed by atoms with Crippen LogP contribution in [0.2, 0.25) is 10.0 Å². The Kier molecular flexibility index (Phi) is 8.72. The molecule has 6 rings (SSSR count). The van der Waals surface area contributed by atoms with E-state index in [4.69, 9.17) is 37.8 Å². The van der Waals surface area contributed by atoms with Crippen molar-refractivity contribution in [3.63, 3.8) is 0 Å². The molecule has 0 unspecified atom stereocenters. The molecular weight excluding hydrogens is 679 g/mol. The zero-order valence-electron chi connectivity index (χ0n) is 26.1. The molecule has 0 saturated heterocycles. The predicted octanol–water partition coefficient (Wildman–Crippen LogP) is 8.18. The summed E-state index contributed by atoms with van der Waals surface area (Å²) in [5.74, 6) is -1.43. The number of azo groups is 1. The molecule has 3 heterocycles. The van der Waals surface area contributed by atoms with E-state index in [1.807, 2.05) is 20.8 Å². The molecule has 0 radical (unpaired) electrons. The number of hydrogen-bond acceptors (Lipinski definition) is 11. The number of amides is 1. The van der Waals surface area contributed by atoms with Crippen molar-refractivity contribution in [2.45, 2.75) is 26.2 Å². The average Bonchev–Trinajstić information content (AvgIpc) is 3.76. The first-order valence-electron chi connectivity index (χ1n) is 14.2. The number of nitrogens with zero attached hydrogens (tertiary/aromatic N) is 6. The number of nitrogens with one attached hydrogen (secondary N) is 2. The van der Waals surface area contributed by atoms with Crippen molar-refractivity contribution < 1.29 is 23.9 Å². The summed E-state index contributed by atoms with van der Waals surface area (Å²) in [6.45, 7) is 6.06. The van der Waals surface area contributed by atoms with E-state index >= 15 is 0 Å². The largest absolute Gasteiger partial charge is 0.465 e. The van der Waals surface area contributed by atoms with Crippen LogP contribution in [0, 0.1) is 0 Å². The highest BCUT2D eigenvalue weighted by Crippen LogP contribution is 2.38. The summed E-state index contributed by atoms with van der Waals surface area (Å²) in [5, 5.41) is 22.3. The number of carbonyl (C=O) groups is 3. The van der Waals surface area contributed by atoms with Crippen molar-refractivity contribution in [2.24, 2.45) is 10.2 Å². The third-order valence-corrected chi connectivity index (χ3v) is 8.72. The van der Waals surface area contributed by atoms with E-state index < -0.39 is 17.8 Å². The maximum absolute atomic E-state index is 13.1. The number of methoxy groups -OCH3 is 2. The van der Waals surface area contributed by atoms with Gasteiger partial charge in [0.1, 0.15) is 0 Å². The fraction of sp³-hybridized carbons (Fsp3) is 0.188. The summed E-state index contributed by atoms with van der Waals surface area (Å²) in [6, 6.07) is 14.3. The highest BCUT2D eigenvalue weighted by Gasteiger charge is 2.27. The zero-order chi connectivity index (χ0) is 34.3. The molecule has 0 spiro atoms. The van der Waals surface area contributed by atoms with E-state index in [0.717, 1.165) is 4.70 Å². The van der Waals surface area contributed by atoms with Gasteiger partial charge in [-0.15, -0.1) is 20.0 Å². The van der Waals surface area contributed by atoms with Crippen LogP contribution in [0.1, 0.15) is 57.5 Å². The van der Waals surface area contributed by atoms with Crippen molar-refractivity contribution in [3.8, 4) is 11.4 Å². The van der Waals surface area contributed by atoms with E-state index in [1.165, 1.54) is 48.4 Å². The predicted molar refractivity (Wildman–Crippen MR) is 182 cm³/mol. The standard InChI is InChI=1S/C32H26Cl2N8O5S/c1-32(2,3)25-24(38-39-31-36-22-13-20(33)21(34)14-23(22)48-31)27-37-26(41-42(27)40-25)15-6-8-19(9-7-15)35-28(43)16-10-17(29(44)46-4)12-18(11-16)30(45)47-5/h6-14H,1-5H3,(H,35,43)(H,37,41)/b39-38+. The first-order valence-corrected chi connectivity index (χ1v) is 15.8. The van der Waals surface area contributed by atoms with Gasteiger partial charge in [0, 0.05) is 22.2 Å². The van der Waals surface area contributed by atoms with Crippen molar-refractivity contribution in [1.82, 2.24) is 24.8 Å². The maximum atomic E-state index is 13.1. The van der Waals surface area contributed by atoms with E-state index in [9.17, 15) is 14.4 Å². The minimum atomic E-state index is -0.698. The van der Waals surface area contributed by atoms with E-state index in [2.05, 4.69) is 30.6 Å². The first kappa shape index (κ1) is 32.7. The Morgan fingerprint density at radius 3 is 2.12 bits per heavy atom. The van der Waals surface area contributed by atoms with Crippen LogP contribution in [0.25, 0.3) is 27.3 Å². The van der Waals surface area contributed by atoms with Crippen LogP contribution < -0.4 is 5.32 Å². The number of esters is 2. The van der Waals surface area contributed by atoms with Gasteiger partial charge in [0.25, 0.3) is 5.91 Å². The van der Waals surface area contributed by atoms with Crippen LogP contribution in [0.5, 0.6) is 0 Å². The number of benzene rings is 3. The van der Waals surface area contributed by atoms with Crippen LogP contribution in [0.3, 0.4) is 0 Å². The fourth-order valence-electron chi connectivity index (χ4n) is 4.73. The normalized spacial score (nSPS) is 11.8. The van der Waals surface area contributed by atoms with Crippen LogP contribution in [-0.4, -0.2) is 56.9 Å². The molecular formula is C32H26Cl2N8O5S. The molecule has 6 aromatic rings. The molecule has 48 heavy (non-hydrogen) atoms. The molecule has 0 atom stereocenters. The van der Waals surface area contributed by atoms with Crippen LogP contribution >= 0.6 is 34.5 Å². The summed E-state index contributed by atoms with van der Waals surface area (Å²) in [5.41, 5.74) is 3.35. The lowest BCUT2D eigenvalue weighted by Gasteiger charge is -2.15. The van der Waals surface area contributed by atoms with E-state index in [1.54, 1.807) is 36.4 Å². The number of halogens is 2. The Morgan fingerprint density at radius 1 is 0.875 bits per heavy atom. The lowest BCUT2D eigenvalue weighted by atomic mass is 9.91. The number of aromatic nitrogens is 5. The highest BCUT2D eigenvalue weighted by molar-refractivity contribution is 7.22. The van der Waals surface area contributed by atoms with Gasteiger partial charge in [0.05, 0.1) is 51.3 Å². The van der Waals surface area contributed by atoms with Crippen LogP contribution in [-0.2, 0) is 14.9 Å². The molecule has 0 aliphatic carbocycles. The fourth-order valence-corrected chi connectivity index (χ4v) is 5.93. The molecule has 13 nitrogen and oxygen atoms in total. The SMILES string of the molecule is COC(=O)c1cc(C(=O)Nc2ccc(-c3nn4nc(C(C)(C)C)c(/N=N/c5nc6cc(Cl)c(Cl)cc6s5)c4[nH]3)cc2)cc(C(=O)OC)c1. The molecule has 0 aliphatic rings. The van der Waals surface area contributed by atoms with Gasteiger partial charge in [0.15, 0.2) is 17.2 Å². The number of anilines is 1. The average molecular weight is 706 g/mol. The number of ether oxygens (including phenoxy) is 2. The van der Waals surface area contributed by atoms with E-state index in [0.29, 0.717) is 54.8 Å². The molecule has 0 saturated carbocycles. The van der Waals surface area contributed by atoms with Gasteiger partial charge in [-0.25, -0.2) is 14.6 Å². The Hall–Kier alpha value is -5.18. The van der Waals surface area contributed by atoms with Gasteiger partial charge >= 0.3 is 11.9 Å². The topological polar surface area (TPSA) is 165 Å². The summed E-state index contributed by atoms with van der Waals surface area (Å²) in [7, 11) is 2.41. The summed E-state index contributed by atoms with van der Waals surface area (Å²) in [4.78, 5) is 45.1. The van der Waals surface area contributed by atoms with Gasteiger partial charge in [0.2, 0.25) is 5.13 Å². The second kappa shape index (κ2) is 12.8. The number of fused-ring (bicyclic) bond motifs is 2. The van der Waals surface area contributed by atoms with Crippen molar-refractivity contribution in [3.05, 3.63) is 87.0 Å². The summed E-state index contributed by atoms with van der Waals surface area (Å²) >= 11 is 13.6. The number of H-pyrrole nitrogens is 1. The molecule has 3 aromatic carbocycles. The third-order valence-electron chi connectivity index (χ3n) is 7.09. The lowest BCUT2D eigenvalue weighted by Crippen LogP contribution is -2.15. The van der Waals surface area contributed by atoms with Crippen molar-refractivity contribution in [1.29, 1.82) is 0 Å². The molecule has 0 fully saturated rings. The molecule has 3 aromatic heterocycles. The van der Waals surface area contributed by atoms with Crippen molar-refractivity contribution in [2.75, 3.05) is 19.5 Å². The molecule has 0 aliphatic heterocycles. The summed E-state index contributed by atoms with van der Waals surface area (Å²) < 4.78 is 11.8. The highest BCUT2D eigenvalue weighted by atomic mass is 35.5. The van der Waals surface area contributed by atoms with Crippen LogP contribution in [0.4, 0.5) is 16.5 Å². The zero-order valence-corrected chi connectivity index (χ0v) is 28.4. The van der Waals surface area contributed by atoms with Crippen LogP contribution in [0.15, 0.2) is 64.8 Å². The molecule has 0 bridgehead atoms. The van der Waals surface area contributed by atoms with Gasteiger partial charge in [-0.1, -0.05) is 55.3 Å². The molecule has 244 valence electrons. The Balaban J connectivity index is 1.26. The molecule has 16 heteroatoms. The molecule has 2 N–H and O–H groups in total. The number of rotatable bonds is 7. The number of thiazole rings is 1. The number of aromatic amines is 1. The lowest BCUT2D eigenvalue weighted by molar-refractivity contribution is 0.0599.